The molecule has 4 rings (SSSR count). The molecule has 1 aliphatic carbocycles. The number of Topliss-reactive ketones (excluding diaryl/α,β-unsaturated/α-hetero) is 1. The number of carbonyl (C=O) groups excluding carboxylic acids is 7. The average Bonchev–Trinajstić information content (AvgIpc) is 3.19. The molecule has 2 aromatic carbocycles. The summed E-state index contributed by atoms with van der Waals surface area (Å²) < 4.78 is 5.51. The minimum Gasteiger partial charge on any atom is -0.458 e. The lowest BCUT2D eigenvalue weighted by molar-refractivity contribution is -0.158. The largest absolute Gasteiger partial charge is 0.458 e. The second-order valence-electron chi connectivity index (χ2n) is 16.3. The molecule has 13 nitrogen and oxygen atoms in total. The van der Waals surface area contributed by atoms with Crippen LogP contribution in [-0.2, 0) is 44.7 Å². The van der Waals surface area contributed by atoms with Crippen molar-refractivity contribution >= 4 is 47.4 Å². The molecule has 5 amide bonds. The van der Waals surface area contributed by atoms with E-state index < -0.39 is 71.7 Å². The van der Waals surface area contributed by atoms with E-state index in [0.717, 1.165) is 62.5 Å². The Hall–Kier alpha value is -5.33. The maximum Gasteiger partial charge on any atom is 0.333 e. The average molecular weight is 800 g/mol. The fraction of sp³-hybridized carbons (Fsp3) is 0.533. The third kappa shape index (κ3) is 14.9. The van der Waals surface area contributed by atoms with Crippen LogP contribution >= 0.6 is 0 Å². The summed E-state index contributed by atoms with van der Waals surface area (Å²) in [4.78, 5) is 94.2. The zero-order valence-electron chi connectivity index (χ0n) is 34.4. The number of amides is 5. The molecule has 314 valence electrons. The molecule has 2 aliphatic rings. The highest BCUT2D eigenvalue weighted by molar-refractivity contribution is 6.38. The summed E-state index contributed by atoms with van der Waals surface area (Å²) in [5.41, 5.74) is 1.35. The predicted molar refractivity (Wildman–Crippen MR) is 221 cm³/mol. The molecule has 1 fully saturated rings. The molecule has 1 unspecified atom stereocenters. The Labute approximate surface area is 342 Å². The molecule has 1 aliphatic heterocycles. The van der Waals surface area contributed by atoms with Crippen molar-refractivity contribution in [2.75, 3.05) is 6.54 Å². The molecule has 5 N–H and O–H groups in total. The number of carbonyl (C=O) groups is 7. The lowest BCUT2D eigenvalue weighted by Gasteiger charge is -2.31. The van der Waals surface area contributed by atoms with Crippen molar-refractivity contribution in [3.63, 3.8) is 0 Å². The molecule has 0 spiro atoms. The number of rotatable bonds is 12. The van der Waals surface area contributed by atoms with E-state index in [4.69, 9.17) is 4.74 Å². The van der Waals surface area contributed by atoms with Crippen LogP contribution in [-0.4, -0.2) is 71.6 Å². The highest BCUT2D eigenvalue weighted by Gasteiger charge is 2.35. The Morgan fingerprint density at radius 3 is 2.29 bits per heavy atom. The molecule has 2 bridgehead atoms. The third-order valence-corrected chi connectivity index (χ3v) is 10.3. The first-order valence-electron chi connectivity index (χ1n) is 20.8. The van der Waals surface area contributed by atoms with Crippen LogP contribution in [0.3, 0.4) is 0 Å². The van der Waals surface area contributed by atoms with Gasteiger partial charge >= 0.3 is 5.97 Å². The Balaban J connectivity index is 1.50. The molecule has 0 aromatic heterocycles. The Morgan fingerprint density at radius 2 is 1.59 bits per heavy atom. The topological polar surface area (TPSA) is 189 Å². The number of benzene rings is 2. The van der Waals surface area contributed by atoms with Gasteiger partial charge in [0, 0.05) is 12.8 Å². The number of hydrogen-bond acceptors (Lipinski definition) is 8. The molecule has 2 aromatic rings. The SMILES string of the molecule is CCCC(NC(=O)[C@@H]1Cc2cccc(c2)/C=C\CCCCCC(=O)N[C@@H](C2CCCCC2)C(=O)N1)C(=O)C(=O)NCC(=O)N[C@H](C(=O)OC(C)(C)C)c1ccccc1. The van der Waals surface area contributed by atoms with E-state index in [2.05, 4.69) is 32.7 Å². The van der Waals surface area contributed by atoms with Gasteiger partial charge in [-0.3, -0.25) is 28.8 Å². The van der Waals surface area contributed by atoms with Crippen LogP contribution in [0.1, 0.15) is 127 Å². The molecular formula is C45H61N5O8. The Kier molecular flexibility index (Phi) is 17.7. The summed E-state index contributed by atoms with van der Waals surface area (Å²) in [6.07, 6.45) is 12.9. The smallest absolute Gasteiger partial charge is 0.333 e. The first kappa shape index (κ1) is 45.4. The van der Waals surface area contributed by atoms with Gasteiger partial charge in [0.15, 0.2) is 6.04 Å². The lowest BCUT2D eigenvalue weighted by atomic mass is 9.83. The number of ketones is 1. The molecule has 4 atom stereocenters. The number of ether oxygens (including phenoxy) is 1. The summed E-state index contributed by atoms with van der Waals surface area (Å²) in [6, 6.07) is 11.7. The second kappa shape index (κ2) is 22.6. The zero-order chi connectivity index (χ0) is 42.1. The molecule has 1 heterocycles. The van der Waals surface area contributed by atoms with E-state index in [9.17, 15) is 33.6 Å². The predicted octanol–water partition coefficient (Wildman–Crippen LogP) is 4.93. The number of nitrogens with one attached hydrogen (secondary N) is 5. The van der Waals surface area contributed by atoms with Gasteiger partial charge in [-0.25, -0.2) is 4.79 Å². The first-order valence-corrected chi connectivity index (χ1v) is 20.8. The standard InChI is InChI=1S/C45H61N5O8/c1-5-18-34(40(53)43(56)46-29-37(52)50-39(33-24-14-10-15-25-33)44(57)58-45(2,3)4)47-41(54)35-28-31-21-17-20-30(27-31)19-11-7-6-8-16-26-36(51)49-38(42(55)48-35)32-22-12-9-13-23-32/h10-11,14-15,17,19-21,24-25,27,32,34-35,38-39H,5-9,12-13,16,18,22-23,26,28-29H2,1-4H3,(H,46,56)(H,47,54)(H,48,55)(H,49,51)(H,50,52)/b19-11-/t34?,35-,38-,39-/m0/s1. The number of esters is 1. The van der Waals surface area contributed by atoms with Crippen molar-refractivity contribution in [3.05, 3.63) is 77.4 Å². The van der Waals surface area contributed by atoms with Crippen LogP contribution in [0, 0.1) is 5.92 Å². The zero-order valence-corrected chi connectivity index (χ0v) is 34.4. The Morgan fingerprint density at radius 1 is 0.862 bits per heavy atom. The second-order valence-corrected chi connectivity index (χ2v) is 16.3. The van der Waals surface area contributed by atoms with Crippen molar-refractivity contribution in [3.8, 4) is 0 Å². The Bertz CT molecular complexity index is 1770. The number of hydrogen-bond donors (Lipinski definition) is 5. The van der Waals surface area contributed by atoms with Crippen LogP contribution in [0.15, 0.2) is 60.7 Å². The third-order valence-electron chi connectivity index (χ3n) is 10.3. The van der Waals surface area contributed by atoms with E-state index in [1.807, 2.05) is 30.3 Å². The fourth-order valence-electron chi connectivity index (χ4n) is 7.32. The quantitative estimate of drug-likeness (QED) is 0.148. The highest BCUT2D eigenvalue weighted by atomic mass is 16.6. The van der Waals surface area contributed by atoms with Crippen LogP contribution < -0.4 is 26.6 Å². The van der Waals surface area contributed by atoms with Crippen molar-refractivity contribution in [1.82, 2.24) is 26.6 Å². The van der Waals surface area contributed by atoms with Crippen molar-refractivity contribution in [1.29, 1.82) is 0 Å². The van der Waals surface area contributed by atoms with Crippen LogP contribution in [0.4, 0.5) is 0 Å². The van der Waals surface area contributed by atoms with E-state index in [1.165, 1.54) is 0 Å². The normalized spacial score (nSPS) is 20.1. The van der Waals surface area contributed by atoms with Crippen LogP contribution in [0.2, 0.25) is 0 Å². The lowest BCUT2D eigenvalue weighted by Crippen LogP contribution is -2.59. The minimum atomic E-state index is -1.26. The molecule has 13 heteroatoms. The first-order chi connectivity index (χ1) is 27.7. The van der Waals surface area contributed by atoms with Gasteiger partial charge in [0.25, 0.3) is 5.91 Å². The highest BCUT2D eigenvalue weighted by Crippen LogP contribution is 2.27. The van der Waals surface area contributed by atoms with Crippen LogP contribution in [0.5, 0.6) is 0 Å². The van der Waals surface area contributed by atoms with Gasteiger partial charge in [0.05, 0.1) is 12.6 Å². The van der Waals surface area contributed by atoms with Crippen molar-refractivity contribution < 1.29 is 38.3 Å². The summed E-state index contributed by atoms with van der Waals surface area (Å²) in [5.74, 6) is -4.92. The van der Waals surface area contributed by atoms with E-state index >= 15 is 0 Å². The van der Waals surface area contributed by atoms with Gasteiger partial charge in [-0.2, -0.15) is 0 Å². The monoisotopic (exact) mass is 799 g/mol. The van der Waals surface area contributed by atoms with Gasteiger partial charge in [-0.1, -0.05) is 106 Å². The van der Waals surface area contributed by atoms with Crippen molar-refractivity contribution in [2.45, 2.75) is 141 Å². The summed E-state index contributed by atoms with van der Waals surface area (Å²) in [6.45, 7) is 6.29. The van der Waals surface area contributed by atoms with Crippen molar-refractivity contribution in [2.24, 2.45) is 5.92 Å². The van der Waals surface area contributed by atoms with Gasteiger partial charge in [-0.05, 0) is 81.9 Å². The van der Waals surface area contributed by atoms with E-state index in [1.54, 1.807) is 58.0 Å². The van der Waals surface area contributed by atoms with E-state index in [0.29, 0.717) is 24.8 Å². The summed E-state index contributed by atoms with van der Waals surface area (Å²) in [7, 11) is 0. The summed E-state index contributed by atoms with van der Waals surface area (Å²) in [5, 5.41) is 13.5. The molecule has 0 radical (unpaired) electrons. The van der Waals surface area contributed by atoms with Gasteiger partial charge in [-0.15, -0.1) is 0 Å². The minimum absolute atomic E-state index is 0.0848. The number of allylic oxidation sites excluding steroid dienone is 1. The molecule has 58 heavy (non-hydrogen) atoms. The molecule has 1 saturated carbocycles. The van der Waals surface area contributed by atoms with Gasteiger partial charge in [0.2, 0.25) is 29.4 Å². The summed E-state index contributed by atoms with van der Waals surface area (Å²) >= 11 is 0. The maximum atomic E-state index is 14.2. The van der Waals surface area contributed by atoms with Gasteiger partial charge in [0.1, 0.15) is 17.7 Å². The molecular weight excluding hydrogens is 739 g/mol. The van der Waals surface area contributed by atoms with E-state index in [-0.39, 0.29) is 24.7 Å². The number of fused-ring (bicyclic) bond motifs is 2. The maximum absolute atomic E-state index is 14.2. The fourth-order valence-corrected chi connectivity index (χ4v) is 7.32. The van der Waals surface area contributed by atoms with Crippen LogP contribution in [0.25, 0.3) is 6.08 Å². The van der Waals surface area contributed by atoms with Gasteiger partial charge < -0.3 is 31.3 Å². The molecule has 0 saturated heterocycles.